The van der Waals surface area contributed by atoms with Gasteiger partial charge in [-0.2, -0.15) is 8.61 Å². The number of fused-ring (bicyclic) bond motifs is 1. The second-order valence-corrected chi connectivity index (χ2v) is 21.0. The third kappa shape index (κ3) is 7.62. The molecule has 1 unspecified atom stereocenters. The van der Waals surface area contributed by atoms with Gasteiger partial charge in [0.25, 0.3) is 4.93 Å². The van der Waals surface area contributed by atoms with E-state index in [2.05, 4.69) is 65.7 Å². The number of nitrogens with zero attached hydrogens (tertiary/aromatic N) is 4. The Hall–Kier alpha value is -1.32. The van der Waals surface area contributed by atoms with E-state index in [1.165, 1.54) is 11.8 Å². The molecular weight excluding hydrogens is 631 g/mol. The Morgan fingerprint density at radius 3 is 2.45 bits per heavy atom. The molecule has 3 N–H and O–H groups in total. The molecule has 13 heteroatoms. The Labute approximate surface area is 275 Å². The fourth-order valence-corrected chi connectivity index (χ4v) is 12.4. The number of thiazole rings is 1. The number of aliphatic hydroxyl groups is 2. The highest BCUT2D eigenvalue weighted by molar-refractivity contribution is 7.98. The first-order valence-corrected chi connectivity index (χ1v) is 20.1. The van der Waals surface area contributed by atoms with Crippen molar-refractivity contribution >= 4 is 59.3 Å². The van der Waals surface area contributed by atoms with Gasteiger partial charge in [0.2, 0.25) is 0 Å². The average molecular weight is 680 g/mol. The molecule has 5 atom stereocenters. The number of aryl methyl sites for hydroxylation is 1. The predicted molar refractivity (Wildman–Crippen MR) is 187 cm³/mol. The third-order valence-electron chi connectivity index (χ3n) is 8.08. The van der Waals surface area contributed by atoms with Crippen molar-refractivity contribution in [2.75, 3.05) is 18.2 Å². The van der Waals surface area contributed by atoms with Crippen molar-refractivity contribution in [3.63, 3.8) is 0 Å². The van der Waals surface area contributed by atoms with E-state index in [0.29, 0.717) is 35.1 Å². The molecule has 1 aliphatic carbocycles. The second kappa shape index (κ2) is 14.2. The number of aliphatic hydroxyl groups excluding tert-OH is 1. The van der Waals surface area contributed by atoms with Gasteiger partial charge in [0.05, 0.1) is 45.4 Å². The SMILES string of the molecule is CSc1nc(C)c(-c2nc3cnccc3s2)c(N[C@@H]2C[C@H](CO[S+](C(C)C)C(C)(C)O[Si+](C(C)C)C(C)C)[C@@H](O)[C@@]2(C)O)n1. The van der Waals surface area contributed by atoms with Gasteiger partial charge in [-0.3, -0.25) is 4.98 Å². The Balaban J connectivity index is 1.57. The van der Waals surface area contributed by atoms with Crippen LogP contribution >= 0.6 is 23.1 Å². The van der Waals surface area contributed by atoms with Crippen LogP contribution in [0.5, 0.6) is 0 Å². The monoisotopic (exact) mass is 679 g/mol. The topological polar surface area (TPSA) is 123 Å². The average Bonchev–Trinajstić information content (AvgIpc) is 3.45. The molecule has 0 aromatic carbocycles. The van der Waals surface area contributed by atoms with Crippen LogP contribution < -0.4 is 5.32 Å². The summed E-state index contributed by atoms with van der Waals surface area (Å²) in [5.41, 5.74) is 1.96. The maximum atomic E-state index is 11.6. The summed E-state index contributed by atoms with van der Waals surface area (Å²) < 4.78 is 14.5. The minimum Gasteiger partial charge on any atom is -0.390 e. The smallest absolute Gasteiger partial charge is 0.390 e. The van der Waals surface area contributed by atoms with Crippen LogP contribution in [-0.2, 0) is 19.8 Å². The number of hydrogen-bond donors (Lipinski definition) is 3. The van der Waals surface area contributed by atoms with Crippen LogP contribution in [0.2, 0.25) is 11.1 Å². The number of pyridine rings is 1. The van der Waals surface area contributed by atoms with Crippen LogP contribution in [-0.4, -0.2) is 80.0 Å². The molecule has 0 radical (unpaired) electrons. The van der Waals surface area contributed by atoms with Crippen molar-refractivity contribution in [3.8, 4) is 10.6 Å². The Morgan fingerprint density at radius 2 is 1.86 bits per heavy atom. The molecule has 3 aromatic heterocycles. The number of nitrogens with one attached hydrogen (secondary N) is 1. The summed E-state index contributed by atoms with van der Waals surface area (Å²) in [6.07, 6.45) is 4.98. The van der Waals surface area contributed by atoms with Gasteiger partial charge in [0.1, 0.15) is 33.8 Å². The van der Waals surface area contributed by atoms with Crippen molar-refractivity contribution in [2.24, 2.45) is 5.92 Å². The molecule has 4 rings (SSSR count). The van der Waals surface area contributed by atoms with Crippen molar-refractivity contribution in [1.29, 1.82) is 0 Å². The molecular formula is C31H49N5O4S3Si+2. The van der Waals surface area contributed by atoms with Gasteiger partial charge in [0.15, 0.2) is 16.3 Å². The molecule has 0 bridgehead atoms. The summed E-state index contributed by atoms with van der Waals surface area (Å²) in [4.78, 5) is 18.1. The Kier molecular flexibility index (Phi) is 11.5. The van der Waals surface area contributed by atoms with E-state index in [1.54, 1.807) is 30.7 Å². The molecule has 1 saturated carbocycles. The zero-order valence-corrected chi connectivity index (χ0v) is 31.3. The maximum Gasteiger partial charge on any atom is 0.488 e. The van der Waals surface area contributed by atoms with E-state index < -0.39 is 42.9 Å². The van der Waals surface area contributed by atoms with Gasteiger partial charge in [-0.05, 0) is 74.1 Å². The highest BCUT2D eigenvalue weighted by atomic mass is 32.2. The number of rotatable bonds is 13. The standard InChI is InChI=1S/C31H49N5O4S3Si/c1-17(2)43(30(8,9)40-44(18(3)4)19(5)6)39-16-21-14-24(31(10,38)26(21)37)35-27-25(20(7)33-29(36-27)41-11)28-34-22-15-32-13-12-23(22)42-28/h12-13,15,17-19,21,24,26,37-38H,14,16H2,1-11H3,(H,33,35,36)/q+2/t21-,24-,26-,31+,43?/m1/s1. The quantitative estimate of drug-likeness (QED) is 0.0787. The van der Waals surface area contributed by atoms with Crippen molar-refractivity contribution < 1.29 is 18.8 Å². The minimum absolute atomic E-state index is 0.237. The zero-order valence-electron chi connectivity index (χ0n) is 27.8. The minimum atomic E-state index is -1.41. The summed E-state index contributed by atoms with van der Waals surface area (Å²) in [5, 5.41) is 28.2. The van der Waals surface area contributed by atoms with Gasteiger partial charge in [-0.25, -0.2) is 15.0 Å². The molecule has 1 aliphatic rings. The predicted octanol–water partition coefficient (Wildman–Crippen LogP) is 6.61. The molecule has 0 spiro atoms. The van der Waals surface area contributed by atoms with Crippen LogP contribution in [0.1, 0.15) is 74.4 Å². The zero-order chi connectivity index (χ0) is 32.6. The highest BCUT2D eigenvalue weighted by Crippen LogP contribution is 2.42. The maximum absolute atomic E-state index is 11.6. The first kappa shape index (κ1) is 35.5. The van der Waals surface area contributed by atoms with Gasteiger partial charge < -0.3 is 15.5 Å². The van der Waals surface area contributed by atoms with Gasteiger partial charge in [-0.15, -0.1) is 11.3 Å². The summed E-state index contributed by atoms with van der Waals surface area (Å²) in [5.74, 6) is 0.327. The fourth-order valence-electron chi connectivity index (χ4n) is 6.00. The van der Waals surface area contributed by atoms with Crippen LogP contribution in [0.25, 0.3) is 20.8 Å². The van der Waals surface area contributed by atoms with E-state index >= 15 is 0 Å². The first-order chi connectivity index (χ1) is 20.6. The molecule has 242 valence electrons. The molecule has 3 aromatic rings. The molecule has 44 heavy (non-hydrogen) atoms. The number of anilines is 1. The van der Waals surface area contributed by atoms with Crippen LogP contribution in [0.3, 0.4) is 0 Å². The fraction of sp³-hybridized carbons (Fsp3) is 0.677. The van der Waals surface area contributed by atoms with Crippen LogP contribution in [0, 0.1) is 12.8 Å². The number of thioether (sulfide) groups is 1. The van der Waals surface area contributed by atoms with Crippen molar-refractivity contribution in [3.05, 3.63) is 24.2 Å². The molecule has 3 heterocycles. The van der Waals surface area contributed by atoms with Crippen LogP contribution in [0.4, 0.5) is 5.82 Å². The summed E-state index contributed by atoms with van der Waals surface area (Å²) >= 11 is 2.50. The van der Waals surface area contributed by atoms with Gasteiger partial charge in [0, 0.05) is 26.0 Å². The third-order valence-corrected chi connectivity index (χ3v) is 15.1. The number of aromatic nitrogens is 4. The summed E-state index contributed by atoms with van der Waals surface area (Å²) in [7, 11) is -1.06. The lowest BCUT2D eigenvalue weighted by molar-refractivity contribution is -0.0630. The first-order valence-electron chi connectivity index (χ1n) is 15.3. The van der Waals surface area contributed by atoms with E-state index in [4.69, 9.17) is 23.6 Å². The molecule has 0 saturated heterocycles. The lowest BCUT2D eigenvalue weighted by atomic mass is 9.96. The molecule has 1 fully saturated rings. The second-order valence-electron chi connectivity index (χ2n) is 13.1. The van der Waals surface area contributed by atoms with Gasteiger partial charge in [-0.1, -0.05) is 11.8 Å². The molecule has 0 amide bonds. The Bertz CT molecular complexity index is 1380. The van der Waals surface area contributed by atoms with E-state index in [1.807, 2.05) is 19.2 Å². The van der Waals surface area contributed by atoms with E-state index in [0.717, 1.165) is 26.5 Å². The number of hydrogen-bond acceptors (Lipinski definition) is 11. The molecule has 9 nitrogen and oxygen atoms in total. The van der Waals surface area contributed by atoms with Crippen molar-refractivity contribution in [2.45, 2.75) is 120 Å². The van der Waals surface area contributed by atoms with E-state index in [9.17, 15) is 10.2 Å². The van der Waals surface area contributed by atoms with Gasteiger partial charge >= 0.3 is 9.04 Å². The summed E-state index contributed by atoms with van der Waals surface area (Å²) in [6, 6.07) is 1.48. The highest BCUT2D eigenvalue weighted by Gasteiger charge is 2.57. The van der Waals surface area contributed by atoms with Crippen LogP contribution in [0.15, 0.2) is 23.6 Å². The largest absolute Gasteiger partial charge is 0.488 e. The molecule has 0 aliphatic heterocycles. The van der Waals surface area contributed by atoms with Crippen molar-refractivity contribution in [1.82, 2.24) is 19.9 Å². The Morgan fingerprint density at radius 1 is 1.18 bits per heavy atom. The van der Waals surface area contributed by atoms with E-state index in [-0.39, 0.29) is 11.2 Å². The summed E-state index contributed by atoms with van der Waals surface area (Å²) in [6.45, 7) is 21.5. The normalized spacial score (nSPS) is 23.3. The lowest BCUT2D eigenvalue weighted by Gasteiger charge is -2.30. The lowest BCUT2D eigenvalue weighted by Crippen LogP contribution is -2.49.